The van der Waals surface area contributed by atoms with Crippen LogP contribution in [0.3, 0.4) is 0 Å². The number of furan rings is 1. The topological polar surface area (TPSA) is 34.4 Å². The summed E-state index contributed by atoms with van der Waals surface area (Å²) in [5, 5.41) is 3.60. The highest BCUT2D eigenvalue weighted by Crippen LogP contribution is 2.31. The van der Waals surface area contributed by atoms with Crippen LogP contribution < -0.4 is 10.1 Å². The van der Waals surface area contributed by atoms with Crippen LogP contribution in [0.1, 0.15) is 24.3 Å². The monoisotopic (exact) mass is 265 g/mol. The minimum Gasteiger partial charge on any atom is -0.494 e. The van der Waals surface area contributed by atoms with Crippen LogP contribution >= 0.6 is 11.6 Å². The van der Waals surface area contributed by atoms with Crippen LogP contribution in [0.5, 0.6) is 5.75 Å². The highest BCUT2D eigenvalue weighted by Gasteiger charge is 2.19. The van der Waals surface area contributed by atoms with E-state index in [1.807, 2.05) is 44.3 Å². The van der Waals surface area contributed by atoms with Crippen molar-refractivity contribution in [1.82, 2.24) is 5.32 Å². The van der Waals surface area contributed by atoms with Gasteiger partial charge in [0.25, 0.3) is 0 Å². The molecule has 3 nitrogen and oxygen atoms in total. The summed E-state index contributed by atoms with van der Waals surface area (Å²) in [4.78, 5) is 0. The lowest BCUT2D eigenvalue weighted by molar-refractivity contribution is 0.331. The number of halogens is 1. The Balaban J connectivity index is 2.38. The molecule has 1 N–H and O–H groups in total. The fourth-order valence-corrected chi connectivity index (χ4v) is 2.09. The molecule has 0 aliphatic rings. The normalized spacial score (nSPS) is 12.4. The van der Waals surface area contributed by atoms with E-state index in [-0.39, 0.29) is 6.04 Å². The molecule has 1 heterocycles. The Bertz CT molecular complexity index is 510. The molecule has 0 aliphatic carbocycles. The number of para-hydroxylation sites is 1. The molecule has 2 rings (SSSR count). The zero-order chi connectivity index (χ0) is 13.0. The molecule has 1 unspecified atom stereocenters. The van der Waals surface area contributed by atoms with Crippen molar-refractivity contribution in [2.24, 2.45) is 0 Å². The molecule has 2 aromatic rings. The summed E-state index contributed by atoms with van der Waals surface area (Å²) in [6, 6.07) is 11.4. The maximum atomic E-state index is 5.82. The maximum Gasteiger partial charge on any atom is 0.193 e. The van der Waals surface area contributed by atoms with E-state index in [1.54, 1.807) is 6.07 Å². The van der Waals surface area contributed by atoms with Gasteiger partial charge in [-0.05, 0) is 43.8 Å². The molecule has 4 heteroatoms. The largest absolute Gasteiger partial charge is 0.494 e. The van der Waals surface area contributed by atoms with Gasteiger partial charge in [-0.25, -0.2) is 0 Å². The number of rotatable bonds is 5. The standard InChI is InChI=1S/C14H16ClNO2/c1-3-17-11-7-5-4-6-10(11)14(16-2)12-8-9-13(15)18-12/h4-9,14,16H,3H2,1-2H3. The average molecular weight is 266 g/mol. The van der Waals surface area contributed by atoms with Gasteiger partial charge in [-0.1, -0.05) is 18.2 Å². The highest BCUT2D eigenvalue weighted by molar-refractivity contribution is 6.28. The van der Waals surface area contributed by atoms with Crippen molar-refractivity contribution < 1.29 is 9.15 Å². The van der Waals surface area contributed by atoms with Gasteiger partial charge in [0.1, 0.15) is 11.5 Å². The lowest BCUT2D eigenvalue weighted by Crippen LogP contribution is -2.18. The van der Waals surface area contributed by atoms with Crippen molar-refractivity contribution in [3.05, 3.63) is 52.9 Å². The minimum absolute atomic E-state index is 0.0692. The van der Waals surface area contributed by atoms with Crippen molar-refractivity contribution in [1.29, 1.82) is 0 Å². The van der Waals surface area contributed by atoms with Crippen molar-refractivity contribution in [2.75, 3.05) is 13.7 Å². The van der Waals surface area contributed by atoms with Gasteiger partial charge in [0.2, 0.25) is 0 Å². The summed E-state index contributed by atoms with van der Waals surface area (Å²) in [6.07, 6.45) is 0. The molecule has 0 aliphatic heterocycles. The van der Waals surface area contributed by atoms with Crippen LogP contribution in [-0.2, 0) is 0 Å². The van der Waals surface area contributed by atoms with Crippen LogP contribution in [0.15, 0.2) is 40.8 Å². The second kappa shape index (κ2) is 5.94. The Labute approximate surface area is 112 Å². The SMILES string of the molecule is CCOc1ccccc1C(NC)c1ccc(Cl)o1. The van der Waals surface area contributed by atoms with Crippen LogP contribution in [-0.4, -0.2) is 13.7 Å². The third-order valence-electron chi connectivity index (χ3n) is 2.70. The van der Waals surface area contributed by atoms with E-state index in [1.165, 1.54) is 0 Å². The molecule has 1 atom stereocenters. The van der Waals surface area contributed by atoms with Crippen molar-refractivity contribution >= 4 is 11.6 Å². The lowest BCUT2D eigenvalue weighted by atomic mass is 10.0. The van der Waals surface area contributed by atoms with Crippen molar-refractivity contribution in [3.63, 3.8) is 0 Å². The van der Waals surface area contributed by atoms with Gasteiger partial charge in [-0.15, -0.1) is 0 Å². The average Bonchev–Trinajstić information content (AvgIpc) is 2.79. The molecular weight excluding hydrogens is 250 g/mol. The predicted octanol–water partition coefficient (Wildman–Crippen LogP) is 3.64. The van der Waals surface area contributed by atoms with Crippen LogP contribution in [0.4, 0.5) is 0 Å². The molecule has 0 fully saturated rings. The van der Waals surface area contributed by atoms with Gasteiger partial charge in [0, 0.05) is 5.56 Å². The van der Waals surface area contributed by atoms with Gasteiger partial charge in [0.15, 0.2) is 5.22 Å². The molecule has 1 aromatic heterocycles. The van der Waals surface area contributed by atoms with E-state index in [0.717, 1.165) is 17.1 Å². The molecule has 0 spiro atoms. The summed E-state index contributed by atoms with van der Waals surface area (Å²) in [5.74, 6) is 1.63. The number of hydrogen-bond acceptors (Lipinski definition) is 3. The minimum atomic E-state index is -0.0692. The molecule has 0 bridgehead atoms. The molecule has 0 amide bonds. The van der Waals surface area contributed by atoms with Gasteiger partial charge in [-0.3, -0.25) is 0 Å². The highest BCUT2D eigenvalue weighted by atomic mass is 35.5. The molecule has 1 aromatic carbocycles. The van der Waals surface area contributed by atoms with Gasteiger partial charge in [-0.2, -0.15) is 0 Å². The van der Waals surface area contributed by atoms with E-state index in [4.69, 9.17) is 20.8 Å². The second-order valence-electron chi connectivity index (χ2n) is 3.83. The summed E-state index contributed by atoms with van der Waals surface area (Å²) >= 11 is 5.82. The Morgan fingerprint density at radius 1 is 1.28 bits per heavy atom. The number of nitrogens with one attached hydrogen (secondary N) is 1. The Morgan fingerprint density at radius 3 is 2.67 bits per heavy atom. The molecule has 0 saturated carbocycles. The third-order valence-corrected chi connectivity index (χ3v) is 2.90. The van der Waals surface area contributed by atoms with Crippen LogP contribution in [0, 0.1) is 0 Å². The van der Waals surface area contributed by atoms with Gasteiger partial charge in [0.05, 0.1) is 12.6 Å². The maximum absolute atomic E-state index is 5.82. The third kappa shape index (κ3) is 2.68. The van der Waals surface area contributed by atoms with E-state index in [2.05, 4.69) is 5.32 Å². The second-order valence-corrected chi connectivity index (χ2v) is 4.21. The van der Waals surface area contributed by atoms with Crippen LogP contribution in [0.2, 0.25) is 5.22 Å². The van der Waals surface area contributed by atoms with Gasteiger partial charge >= 0.3 is 0 Å². The Kier molecular flexibility index (Phi) is 4.28. The molecule has 0 radical (unpaired) electrons. The Hall–Kier alpha value is -1.45. The number of hydrogen-bond donors (Lipinski definition) is 1. The fourth-order valence-electron chi connectivity index (χ4n) is 1.94. The molecular formula is C14H16ClNO2. The van der Waals surface area contributed by atoms with Crippen molar-refractivity contribution in [3.8, 4) is 5.75 Å². The van der Waals surface area contributed by atoms with E-state index in [9.17, 15) is 0 Å². The predicted molar refractivity (Wildman–Crippen MR) is 72.2 cm³/mol. The zero-order valence-electron chi connectivity index (χ0n) is 10.4. The van der Waals surface area contributed by atoms with E-state index >= 15 is 0 Å². The molecule has 18 heavy (non-hydrogen) atoms. The first-order valence-corrected chi connectivity index (χ1v) is 6.28. The molecule has 96 valence electrons. The van der Waals surface area contributed by atoms with E-state index in [0.29, 0.717) is 11.8 Å². The summed E-state index contributed by atoms with van der Waals surface area (Å²) in [6.45, 7) is 2.60. The lowest BCUT2D eigenvalue weighted by Gasteiger charge is -2.17. The number of ether oxygens (including phenoxy) is 1. The first-order valence-electron chi connectivity index (χ1n) is 5.90. The van der Waals surface area contributed by atoms with Crippen molar-refractivity contribution in [2.45, 2.75) is 13.0 Å². The van der Waals surface area contributed by atoms with Gasteiger partial charge < -0.3 is 14.5 Å². The summed E-state index contributed by atoms with van der Waals surface area (Å²) in [7, 11) is 1.88. The molecule has 0 saturated heterocycles. The summed E-state index contributed by atoms with van der Waals surface area (Å²) < 4.78 is 11.1. The zero-order valence-corrected chi connectivity index (χ0v) is 11.2. The quantitative estimate of drug-likeness (QED) is 0.896. The first kappa shape index (κ1) is 13.0. The fraction of sp³-hybridized carbons (Fsp3) is 0.286. The number of benzene rings is 1. The Morgan fingerprint density at radius 2 is 2.06 bits per heavy atom. The smallest absolute Gasteiger partial charge is 0.193 e. The first-order chi connectivity index (χ1) is 8.76. The summed E-state index contributed by atoms with van der Waals surface area (Å²) in [5.41, 5.74) is 1.04. The van der Waals surface area contributed by atoms with Crippen LogP contribution in [0.25, 0.3) is 0 Å². The van der Waals surface area contributed by atoms with E-state index < -0.39 is 0 Å².